The van der Waals surface area contributed by atoms with Crippen LogP contribution in [0.15, 0.2) is 82.6 Å². The number of carbonyl (C=O) groups is 2. The van der Waals surface area contributed by atoms with E-state index in [9.17, 15) is 18.0 Å². The number of ether oxygens (including phenoxy) is 4. The topological polar surface area (TPSA) is 105 Å². The van der Waals surface area contributed by atoms with Gasteiger partial charge < -0.3 is 18.9 Å². The minimum Gasteiger partial charge on any atom is -0.490 e. The van der Waals surface area contributed by atoms with Gasteiger partial charge >= 0.3 is 11.9 Å². The molecule has 9 heteroatoms. The molecule has 0 fully saturated rings. The summed E-state index contributed by atoms with van der Waals surface area (Å²) in [5.74, 6) is 0.154. The summed E-state index contributed by atoms with van der Waals surface area (Å²) in [6.07, 6.45) is 31.2. The van der Waals surface area contributed by atoms with Crippen LogP contribution in [0.4, 0.5) is 0 Å². The second-order valence-corrected chi connectivity index (χ2v) is 15.5. The Morgan fingerprint density at radius 3 is 1.13 bits per heavy atom. The number of benzene rings is 2. The number of rotatable bonds is 32. The molecule has 53 heavy (non-hydrogen) atoms. The molecular weight excluding hydrogens is 689 g/mol. The lowest BCUT2D eigenvalue weighted by Crippen LogP contribution is -2.10. The smallest absolute Gasteiger partial charge is 0.330 e. The molecule has 8 nitrogen and oxygen atoms in total. The highest BCUT2D eigenvalue weighted by Crippen LogP contribution is 2.25. The van der Waals surface area contributed by atoms with Gasteiger partial charge in [0.25, 0.3) is 0 Å². The van der Waals surface area contributed by atoms with Crippen molar-refractivity contribution in [2.75, 3.05) is 26.4 Å². The highest BCUT2D eigenvalue weighted by atomic mass is 32.2. The maximum atomic E-state index is 13.2. The molecule has 0 bridgehead atoms. The molecule has 0 heterocycles. The van der Waals surface area contributed by atoms with E-state index >= 15 is 0 Å². The third kappa shape index (κ3) is 22.3. The summed E-state index contributed by atoms with van der Waals surface area (Å²) < 4.78 is 48.0. The zero-order valence-electron chi connectivity index (χ0n) is 32.6. The first-order valence-electron chi connectivity index (χ1n) is 20.2. The highest BCUT2D eigenvalue weighted by molar-refractivity contribution is 7.91. The predicted octanol–water partition coefficient (Wildman–Crippen LogP) is 11.3. The number of carbonyl (C=O) groups excluding carboxylic acids is 2. The molecule has 0 saturated heterocycles. The summed E-state index contributed by atoms with van der Waals surface area (Å²) in [7, 11) is -3.76. The van der Waals surface area contributed by atoms with Crippen LogP contribution in [0, 0.1) is 0 Å². The van der Waals surface area contributed by atoms with Crippen LogP contribution in [0.2, 0.25) is 0 Å². The summed E-state index contributed by atoms with van der Waals surface area (Å²) in [4.78, 5) is 24.1. The van der Waals surface area contributed by atoms with Crippen LogP contribution in [-0.2, 0) is 28.9 Å². The normalized spacial score (nSPS) is 11.7. The first-order chi connectivity index (χ1) is 25.9. The van der Waals surface area contributed by atoms with Gasteiger partial charge in [-0.25, -0.2) is 18.0 Å². The summed E-state index contributed by atoms with van der Waals surface area (Å²) in [6, 6.07) is 12.2. The van der Waals surface area contributed by atoms with Crippen molar-refractivity contribution in [2.24, 2.45) is 0 Å². The zero-order chi connectivity index (χ0) is 38.2. The number of unbranched alkanes of at least 4 members (excludes halogenated alkanes) is 18. The summed E-state index contributed by atoms with van der Waals surface area (Å²) in [5, 5.41) is 0. The van der Waals surface area contributed by atoms with E-state index in [1.54, 1.807) is 24.3 Å². The van der Waals surface area contributed by atoms with Gasteiger partial charge in [0.1, 0.15) is 37.9 Å². The van der Waals surface area contributed by atoms with E-state index in [0.717, 1.165) is 25.7 Å². The fourth-order valence-electron chi connectivity index (χ4n) is 5.77. The summed E-state index contributed by atoms with van der Waals surface area (Å²) in [5.41, 5.74) is 0. The third-order valence-electron chi connectivity index (χ3n) is 8.92. The Balaban J connectivity index is 1.57. The zero-order valence-corrected chi connectivity index (χ0v) is 33.4. The molecule has 2 aromatic carbocycles. The van der Waals surface area contributed by atoms with E-state index in [1.165, 1.54) is 139 Å². The lowest BCUT2D eigenvalue weighted by atomic mass is 10.1. The van der Waals surface area contributed by atoms with E-state index in [2.05, 4.69) is 13.8 Å². The number of allylic oxidation sites excluding steroid dienone is 2. The van der Waals surface area contributed by atoms with Crippen molar-refractivity contribution >= 4 is 21.8 Å². The molecule has 0 unspecified atom stereocenters. The summed E-state index contributed by atoms with van der Waals surface area (Å²) in [6.45, 7) is 4.96. The lowest BCUT2D eigenvalue weighted by Gasteiger charge is -2.10. The van der Waals surface area contributed by atoms with Crippen molar-refractivity contribution in [3.8, 4) is 11.5 Å². The lowest BCUT2D eigenvalue weighted by molar-refractivity contribution is -0.139. The predicted molar refractivity (Wildman–Crippen MR) is 213 cm³/mol. The number of sulfone groups is 1. The van der Waals surface area contributed by atoms with Crippen molar-refractivity contribution in [1.82, 2.24) is 0 Å². The summed E-state index contributed by atoms with van der Waals surface area (Å²) >= 11 is 0. The molecule has 0 saturated carbocycles. The molecule has 0 aliphatic rings. The van der Waals surface area contributed by atoms with Crippen molar-refractivity contribution in [3.05, 3.63) is 72.8 Å². The van der Waals surface area contributed by atoms with Crippen LogP contribution in [0.5, 0.6) is 11.5 Å². The molecule has 0 radical (unpaired) electrons. The monoisotopic (exact) mass is 754 g/mol. The van der Waals surface area contributed by atoms with Crippen molar-refractivity contribution in [2.45, 2.75) is 152 Å². The van der Waals surface area contributed by atoms with Gasteiger partial charge in [-0.3, -0.25) is 0 Å². The second-order valence-electron chi connectivity index (χ2n) is 13.5. The minimum atomic E-state index is -3.76. The van der Waals surface area contributed by atoms with E-state index in [1.807, 2.05) is 12.2 Å². The molecule has 0 aliphatic carbocycles. The fourth-order valence-corrected chi connectivity index (χ4v) is 7.03. The Kier molecular flexibility index (Phi) is 25.6. The van der Waals surface area contributed by atoms with Crippen molar-refractivity contribution in [1.29, 1.82) is 0 Å². The Bertz CT molecular complexity index is 1300. The third-order valence-corrected chi connectivity index (χ3v) is 10.7. The van der Waals surface area contributed by atoms with Crippen LogP contribution in [-0.4, -0.2) is 46.8 Å². The highest BCUT2D eigenvalue weighted by Gasteiger charge is 2.18. The quantitative estimate of drug-likeness (QED) is 0.0413. The van der Waals surface area contributed by atoms with E-state index in [-0.39, 0.29) is 36.2 Å². The molecule has 2 aromatic rings. The van der Waals surface area contributed by atoms with Crippen LogP contribution in [0.25, 0.3) is 0 Å². The standard InChI is InChI=1S/C44H66O8S/c1-3-5-7-9-11-13-15-17-19-21-23-25-43(45)51-37-35-49-39-27-31-41(32-28-39)53(47,48)42-33-29-40(30-34-42)50-36-38-52-44(46)26-24-22-20-18-16-14-12-10-8-6-4-2/h23-34H,3-22,35-38H2,1-2H3/b25-23+,26-24+. The molecule has 0 N–H and O–H groups in total. The molecule has 296 valence electrons. The van der Waals surface area contributed by atoms with E-state index in [4.69, 9.17) is 18.9 Å². The van der Waals surface area contributed by atoms with Crippen molar-refractivity contribution in [3.63, 3.8) is 0 Å². The Morgan fingerprint density at radius 2 is 0.792 bits per heavy atom. The number of hydrogen-bond donors (Lipinski definition) is 0. The maximum Gasteiger partial charge on any atom is 0.330 e. The molecule has 0 amide bonds. The molecular formula is C44H66O8S. The van der Waals surface area contributed by atoms with E-state index < -0.39 is 21.8 Å². The maximum absolute atomic E-state index is 13.2. The first-order valence-corrected chi connectivity index (χ1v) is 21.7. The van der Waals surface area contributed by atoms with Gasteiger partial charge in [0.15, 0.2) is 0 Å². The fraction of sp³-hybridized carbons (Fsp3) is 0.591. The van der Waals surface area contributed by atoms with Crippen LogP contribution >= 0.6 is 0 Å². The molecule has 0 aromatic heterocycles. The van der Waals surface area contributed by atoms with Gasteiger partial charge in [0.2, 0.25) is 9.84 Å². The van der Waals surface area contributed by atoms with Gasteiger partial charge in [-0.15, -0.1) is 0 Å². The Labute approximate surface area is 320 Å². The van der Waals surface area contributed by atoms with Crippen LogP contribution < -0.4 is 9.47 Å². The van der Waals surface area contributed by atoms with E-state index in [0.29, 0.717) is 11.5 Å². The number of hydrogen-bond acceptors (Lipinski definition) is 8. The van der Waals surface area contributed by atoms with Gasteiger partial charge in [0, 0.05) is 12.2 Å². The van der Waals surface area contributed by atoms with Gasteiger partial charge in [-0.1, -0.05) is 129 Å². The average Bonchev–Trinajstić information content (AvgIpc) is 3.16. The number of esters is 2. The molecule has 0 aliphatic heterocycles. The SMILES string of the molecule is CCCCCCCCCCC/C=C/C(=O)OCCOc1ccc(S(=O)(=O)c2ccc(OCCOC(=O)/C=C/CCCCCCCCCCC)cc2)cc1. The average molecular weight is 755 g/mol. The van der Waals surface area contributed by atoms with Crippen LogP contribution in [0.1, 0.15) is 142 Å². The first kappa shape index (κ1) is 45.6. The Morgan fingerprint density at radius 1 is 0.472 bits per heavy atom. The van der Waals surface area contributed by atoms with Gasteiger partial charge in [0.05, 0.1) is 9.79 Å². The second kappa shape index (κ2) is 29.8. The largest absolute Gasteiger partial charge is 0.490 e. The van der Waals surface area contributed by atoms with Crippen molar-refractivity contribution < 1.29 is 37.0 Å². The molecule has 0 atom stereocenters. The molecule has 0 spiro atoms. The Hall–Kier alpha value is -3.59. The van der Waals surface area contributed by atoms with Gasteiger partial charge in [-0.05, 0) is 74.2 Å². The molecule has 2 rings (SSSR count). The van der Waals surface area contributed by atoms with Gasteiger partial charge in [-0.2, -0.15) is 0 Å². The minimum absolute atomic E-state index is 0.0919. The van der Waals surface area contributed by atoms with Crippen LogP contribution in [0.3, 0.4) is 0 Å².